The van der Waals surface area contributed by atoms with Crippen LogP contribution >= 0.6 is 0 Å². The zero-order chi connectivity index (χ0) is 10.8. The molecule has 3 N–H and O–H groups in total. The summed E-state index contributed by atoms with van der Waals surface area (Å²) in [5.41, 5.74) is -0.952. The molecule has 0 radical (unpaired) electrons. The molecule has 1 atom stereocenters. The van der Waals surface area contributed by atoms with Crippen LogP contribution in [-0.2, 0) is 9.59 Å². The molecule has 6 heteroatoms. The van der Waals surface area contributed by atoms with E-state index in [4.69, 9.17) is 5.11 Å². The minimum absolute atomic E-state index is 0.00125. The van der Waals surface area contributed by atoms with Crippen LogP contribution in [0.3, 0.4) is 0 Å². The Labute approximate surface area is 80.7 Å². The molecule has 1 heterocycles. The Hall–Kier alpha value is -1.59. The fraction of sp³-hybridized carbons (Fsp3) is 0.625. The summed E-state index contributed by atoms with van der Waals surface area (Å²) in [6, 6.07) is -0.521. The average molecular weight is 200 g/mol. The van der Waals surface area contributed by atoms with Crippen molar-refractivity contribution in [2.45, 2.75) is 31.7 Å². The number of carbonyl (C=O) groups excluding carboxylic acids is 2. The number of carboxylic acids is 1. The van der Waals surface area contributed by atoms with E-state index in [-0.39, 0.29) is 6.42 Å². The van der Waals surface area contributed by atoms with Crippen LogP contribution in [0.4, 0.5) is 4.79 Å². The molecule has 78 valence electrons. The fourth-order valence-electron chi connectivity index (χ4n) is 1.35. The van der Waals surface area contributed by atoms with Gasteiger partial charge in [0.05, 0.1) is 0 Å². The molecule has 0 spiro atoms. The lowest BCUT2D eigenvalue weighted by Gasteiger charge is -2.19. The summed E-state index contributed by atoms with van der Waals surface area (Å²) < 4.78 is 0. The number of hydrogen-bond acceptors (Lipinski definition) is 3. The Morgan fingerprint density at radius 3 is 2.57 bits per heavy atom. The van der Waals surface area contributed by atoms with Gasteiger partial charge >= 0.3 is 12.0 Å². The Morgan fingerprint density at radius 1 is 1.50 bits per heavy atom. The van der Waals surface area contributed by atoms with Gasteiger partial charge in [-0.15, -0.1) is 0 Å². The SMILES string of the molecule is C[C@]1(CCCC(=O)O)NC(=O)NC1=O. The Balaban J connectivity index is 2.46. The van der Waals surface area contributed by atoms with Gasteiger partial charge in [-0.3, -0.25) is 14.9 Å². The number of urea groups is 1. The van der Waals surface area contributed by atoms with E-state index in [9.17, 15) is 14.4 Å². The summed E-state index contributed by atoms with van der Waals surface area (Å²) in [4.78, 5) is 32.3. The van der Waals surface area contributed by atoms with Crippen LogP contribution in [0.5, 0.6) is 0 Å². The van der Waals surface area contributed by atoms with Crippen molar-refractivity contribution >= 4 is 17.9 Å². The predicted molar refractivity (Wildman–Crippen MR) is 46.6 cm³/mol. The smallest absolute Gasteiger partial charge is 0.322 e. The quantitative estimate of drug-likeness (QED) is 0.549. The predicted octanol–water partition coefficient (Wildman–Crippen LogP) is -0.161. The molecule has 3 amide bonds. The lowest BCUT2D eigenvalue weighted by Crippen LogP contribution is -2.43. The van der Waals surface area contributed by atoms with E-state index < -0.39 is 23.4 Å². The van der Waals surface area contributed by atoms with Crippen molar-refractivity contribution in [1.29, 1.82) is 0 Å². The molecule has 0 unspecified atom stereocenters. The standard InChI is InChI=1S/C8H12N2O4/c1-8(4-2-3-5(11)12)6(13)9-7(14)10-8/h2-4H2,1H3,(H,11,12)(H2,9,10,13,14)/t8-/m1/s1. The second-order valence-electron chi connectivity index (χ2n) is 3.49. The third kappa shape index (κ3) is 2.21. The second-order valence-corrected chi connectivity index (χ2v) is 3.49. The number of carboxylic acid groups (broad SMARTS) is 1. The maximum absolute atomic E-state index is 11.2. The second kappa shape index (κ2) is 3.65. The molecule has 1 aliphatic heterocycles. The van der Waals surface area contributed by atoms with Gasteiger partial charge in [0.25, 0.3) is 5.91 Å². The summed E-state index contributed by atoms with van der Waals surface area (Å²) in [5.74, 6) is -1.30. The van der Waals surface area contributed by atoms with Gasteiger partial charge in [-0.1, -0.05) is 0 Å². The minimum atomic E-state index is -0.952. The summed E-state index contributed by atoms with van der Waals surface area (Å²) >= 11 is 0. The summed E-state index contributed by atoms with van der Waals surface area (Å²) in [5, 5.41) is 13.0. The highest BCUT2D eigenvalue weighted by molar-refractivity contribution is 6.06. The van der Waals surface area contributed by atoms with E-state index in [1.54, 1.807) is 6.92 Å². The van der Waals surface area contributed by atoms with Crippen LogP contribution in [0.25, 0.3) is 0 Å². The van der Waals surface area contributed by atoms with Gasteiger partial charge < -0.3 is 10.4 Å². The molecule has 1 saturated heterocycles. The van der Waals surface area contributed by atoms with Crippen molar-refractivity contribution in [3.8, 4) is 0 Å². The molecule has 0 saturated carbocycles. The summed E-state index contributed by atoms with van der Waals surface area (Å²) in [7, 11) is 0. The molecule has 1 aliphatic rings. The van der Waals surface area contributed by atoms with Crippen molar-refractivity contribution in [3.05, 3.63) is 0 Å². The van der Waals surface area contributed by atoms with Crippen molar-refractivity contribution in [3.63, 3.8) is 0 Å². The molecule has 0 bridgehead atoms. The third-order valence-corrected chi connectivity index (χ3v) is 2.19. The maximum Gasteiger partial charge on any atom is 0.322 e. The number of hydrogen-bond donors (Lipinski definition) is 3. The van der Waals surface area contributed by atoms with Gasteiger partial charge in [0.1, 0.15) is 5.54 Å². The number of nitrogens with one attached hydrogen (secondary N) is 2. The van der Waals surface area contributed by atoms with Crippen LogP contribution in [0.1, 0.15) is 26.2 Å². The molecular formula is C8H12N2O4. The first-order valence-corrected chi connectivity index (χ1v) is 4.29. The highest BCUT2D eigenvalue weighted by Crippen LogP contribution is 2.17. The third-order valence-electron chi connectivity index (χ3n) is 2.19. The van der Waals surface area contributed by atoms with E-state index >= 15 is 0 Å². The van der Waals surface area contributed by atoms with Crippen LogP contribution in [0, 0.1) is 0 Å². The molecular weight excluding hydrogens is 188 g/mol. The lowest BCUT2D eigenvalue weighted by atomic mass is 9.95. The lowest BCUT2D eigenvalue weighted by molar-refractivity contribution is -0.137. The van der Waals surface area contributed by atoms with Crippen molar-refractivity contribution in [2.75, 3.05) is 0 Å². The van der Waals surface area contributed by atoms with E-state index in [1.807, 2.05) is 0 Å². The first-order valence-electron chi connectivity index (χ1n) is 4.29. The van der Waals surface area contributed by atoms with E-state index in [1.165, 1.54) is 0 Å². The van der Waals surface area contributed by atoms with Crippen molar-refractivity contribution < 1.29 is 19.5 Å². The highest BCUT2D eigenvalue weighted by atomic mass is 16.4. The average Bonchev–Trinajstić information content (AvgIpc) is 2.25. The highest BCUT2D eigenvalue weighted by Gasteiger charge is 2.41. The zero-order valence-corrected chi connectivity index (χ0v) is 7.79. The fourth-order valence-corrected chi connectivity index (χ4v) is 1.35. The summed E-state index contributed by atoms with van der Waals surface area (Å²) in [6.45, 7) is 1.58. The van der Waals surface area contributed by atoms with E-state index in [0.29, 0.717) is 12.8 Å². The van der Waals surface area contributed by atoms with Crippen LogP contribution in [0.15, 0.2) is 0 Å². The molecule has 0 aliphatic carbocycles. The molecule has 14 heavy (non-hydrogen) atoms. The van der Waals surface area contributed by atoms with Crippen molar-refractivity contribution in [2.24, 2.45) is 0 Å². The van der Waals surface area contributed by atoms with E-state index in [0.717, 1.165) is 0 Å². The number of carbonyl (C=O) groups is 3. The van der Waals surface area contributed by atoms with Crippen LogP contribution in [-0.4, -0.2) is 28.6 Å². The van der Waals surface area contributed by atoms with Gasteiger partial charge in [0.15, 0.2) is 0 Å². The van der Waals surface area contributed by atoms with Gasteiger partial charge in [-0.2, -0.15) is 0 Å². The van der Waals surface area contributed by atoms with E-state index in [2.05, 4.69) is 10.6 Å². The molecule has 0 aromatic heterocycles. The zero-order valence-electron chi connectivity index (χ0n) is 7.79. The molecule has 6 nitrogen and oxygen atoms in total. The maximum atomic E-state index is 11.2. The molecule has 1 rings (SSSR count). The van der Waals surface area contributed by atoms with Gasteiger partial charge in [0.2, 0.25) is 0 Å². The minimum Gasteiger partial charge on any atom is -0.481 e. The Morgan fingerprint density at radius 2 is 2.14 bits per heavy atom. The topological polar surface area (TPSA) is 95.5 Å². The van der Waals surface area contributed by atoms with Gasteiger partial charge in [-0.05, 0) is 19.8 Å². The largest absolute Gasteiger partial charge is 0.481 e. The summed E-state index contributed by atoms with van der Waals surface area (Å²) in [6.07, 6.45) is 0.690. The van der Waals surface area contributed by atoms with Gasteiger partial charge in [0, 0.05) is 6.42 Å². The number of aliphatic carboxylic acids is 1. The van der Waals surface area contributed by atoms with Crippen LogP contribution in [0.2, 0.25) is 0 Å². The first kappa shape index (κ1) is 10.5. The Kier molecular flexibility index (Phi) is 2.73. The number of imide groups is 1. The Bertz CT molecular complexity index is 289. The van der Waals surface area contributed by atoms with Gasteiger partial charge in [-0.25, -0.2) is 4.79 Å². The number of rotatable bonds is 4. The molecule has 0 aromatic carbocycles. The normalized spacial score (nSPS) is 25.8. The molecule has 0 aromatic rings. The van der Waals surface area contributed by atoms with Crippen LogP contribution < -0.4 is 10.6 Å². The number of amides is 3. The molecule has 1 fully saturated rings. The van der Waals surface area contributed by atoms with Crippen molar-refractivity contribution in [1.82, 2.24) is 10.6 Å². The monoisotopic (exact) mass is 200 g/mol. The first-order chi connectivity index (χ1) is 6.44.